The molecule has 1 rings (SSSR count). The molecule has 0 fully saturated rings. The van der Waals surface area contributed by atoms with Gasteiger partial charge in [0.15, 0.2) is 0 Å². The quantitative estimate of drug-likeness (QED) is 0.630. The molecule has 0 aliphatic heterocycles. The van der Waals surface area contributed by atoms with Gasteiger partial charge in [0.05, 0.1) is 0 Å². The van der Waals surface area contributed by atoms with Gasteiger partial charge in [-0.25, -0.2) is 4.68 Å². The van der Waals surface area contributed by atoms with E-state index in [1.54, 1.807) is 11.7 Å². The van der Waals surface area contributed by atoms with Crippen molar-refractivity contribution in [1.29, 1.82) is 0 Å². The fourth-order valence-corrected chi connectivity index (χ4v) is 0.689. The van der Waals surface area contributed by atoms with Crippen LogP contribution in [0.3, 0.4) is 0 Å². The van der Waals surface area contributed by atoms with Crippen molar-refractivity contribution in [2.45, 2.75) is 19.4 Å². The first kappa shape index (κ1) is 8.92. The van der Waals surface area contributed by atoms with E-state index in [4.69, 9.17) is 5.73 Å². The van der Waals surface area contributed by atoms with Crippen LogP contribution in [0.2, 0.25) is 0 Å². The molecule has 12 heavy (non-hydrogen) atoms. The lowest BCUT2D eigenvalue weighted by atomic mass is 10.1. The minimum atomic E-state index is -0.178. The summed E-state index contributed by atoms with van der Waals surface area (Å²) in [4.78, 5) is 0. The van der Waals surface area contributed by atoms with Crippen LogP contribution in [0, 0.1) is 0 Å². The summed E-state index contributed by atoms with van der Waals surface area (Å²) in [6.45, 7) is 4.50. The van der Waals surface area contributed by atoms with Gasteiger partial charge in [0, 0.05) is 19.1 Å². The predicted molar refractivity (Wildman–Crippen MR) is 45.6 cm³/mol. The van der Waals surface area contributed by atoms with E-state index < -0.39 is 0 Å². The maximum Gasteiger partial charge on any atom is 0.243 e. The fraction of sp³-hybridized carbons (Fsp3) is 0.833. The molecule has 1 aromatic heterocycles. The summed E-state index contributed by atoms with van der Waals surface area (Å²) in [5.41, 5.74) is 5.35. The second kappa shape index (κ2) is 3.06. The molecular formula is C6H14N6. The van der Waals surface area contributed by atoms with Crippen molar-refractivity contribution in [3.8, 4) is 0 Å². The van der Waals surface area contributed by atoms with Crippen molar-refractivity contribution < 1.29 is 0 Å². The zero-order valence-corrected chi connectivity index (χ0v) is 7.57. The van der Waals surface area contributed by atoms with Gasteiger partial charge in [-0.15, -0.1) is 0 Å². The zero-order chi connectivity index (χ0) is 9.19. The van der Waals surface area contributed by atoms with E-state index in [9.17, 15) is 0 Å². The first-order valence-corrected chi connectivity index (χ1v) is 3.76. The van der Waals surface area contributed by atoms with Gasteiger partial charge in [-0.3, -0.25) is 0 Å². The second-order valence-electron chi connectivity index (χ2n) is 3.34. The number of aryl methyl sites for hydroxylation is 1. The minimum absolute atomic E-state index is 0.178. The summed E-state index contributed by atoms with van der Waals surface area (Å²) in [6.07, 6.45) is 0. The first-order valence-electron chi connectivity index (χ1n) is 3.76. The van der Waals surface area contributed by atoms with Crippen molar-refractivity contribution in [3.05, 3.63) is 0 Å². The number of nitrogens with one attached hydrogen (secondary N) is 1. The van der Waals surface area contributed by atoms with Crippen molar-refractivity contribution in [1.82, 2.24) is 20.2 Å². The number of hydrogen-bond acceptors (Lipinski definition) is 5. The molecule has 0 amide bonds. The maximum atomic E-state index is 5.53. The van der Waals surface area contributed by atoms with E-state index in [0.717, 1.165) is 0 Å². The smallest absolute Gasteiger partial charge is 0.243 e. The number of nitrogens with zero attached hydrogens (tertiary/aromatic N) is 4. The lowest BCUT2D eigenvalue weighted by molar-refractivity contribution is 0.566. The number of hydrogen-bond donors (Lipinski definition) is 2. The minimum Gasteiger partial charge on any atom is -0.347 e. The topological polar surface area (TPSA) is 81.7 Å². The molecule has 0 aromatic carbocycles. The second-order valence-corrected chi connectivity index (χ2v) is 3.34. The van der Waals surface area contributed by atoms with Crippen LogP contribution in [0.1, 0.15) is 13.8 Å². The molecule has 0 atom stereocenters. The van der Waals surface area contributed by atoms with Gasteiger partial charge in [-0.1, -0.05) is 5.10 Å². The van der Waals surface area contributed by atoms with Crippen molar-refractivity contribution in [3.63, 3.8) is 0 Å². The molecule has 1 aromatic rings. The summed E-state index contributed by atoms with van der Waals surface area (Å²) in [7, 11) is 1.77. The van der Waals surface area contributed by atoms with Gasteiger partial charge in [0.25, 0.3) is 0 Å². The van der Waals surface area contributed by atoms with Crippen LogP contribution in [0.5, 0.6) is 0 Å². The molecule has 1 heterocycles. The van der Waals surface area contributed by atoms with E-state index in [1.165, 1.54) is 0 Å². The highest BCUT2D eigenvalue weighted by Crippen LogP contribution is 2.08. The van der Waals surface area contributed by atoms with E-state index in [-0.39, 0.29) is 5.54 Å². The highest BCUT2D eigenvalue weighted by Gasteiger charge is 2.17. The van der Waals surface area contributed by atoms with Crippen LogP contribution in [-0.4, -0.2) is 32.3 Å². The third-order valence-electron chi connectivity index (χ3n) is 1.58. The zero-order valence-electron chi connectivity index (χ0n) is 7.57. The number of aromatic nitrogens is 4. The Hall–Kier alpha value is -1.17. The summed E-state index contributed by atoms with van der Waals surface area (Å²) < 4.78 is 1.57. The summed E-state index contributed by atoms with van der Waals surface area (Å²) in [5.74, 6) is 0.630. The number of tetrazole rings is 1. The van der Waals surface area contributed by atoms with Gasteiger partial charge in [-0.2, -0.15) is 0 Å². The van der Waals surface area contributed by atoms with E-state index in [1.807, 2.05) is 13.8 Å². The van der Waals surface area contributed by atoms with Crippen LogP contribution in [0.25, 0.3) is 0 Å². The highest BCUT2D eigenvalue weighted by molar-refractivity contribution is 5.26. The van der Waals surface area contributed by atoms with Crippen molar-refractivity contribution in [2.75, 3.05) is 11.9 Å². The molecular weight excluding hydrogens is 156 g/mol. The normalized spacial score (nSPS) is 11.7. The van der Waals surface area contributed by atoms with E-state index in [0.29, 0.717) is 12.5 Å². The predicted octanol–water partition coefficient (Wildman–Crippen LogP) is -0.641. The highest BCUT2D eigenvalue weighted by atomic mass is 15.6. The lowest BCUT2D eigenvalue weighted by Crippen LogP contribution is -2.40. The third kappa shape index (κ3) is 1.91. The Bertz CT molecular complexity index is 252. The van der Waals surface area contributed by atoms with Crippen LogP contribution in [0.15, 0.2) is 0 Å². The Morgan fingerprint density at radius 2 is 2.25 bits per heavy atom. The van der Waals surface area contributed by atoms with Gasteiger partial charge in [0.1, 0.15) is 0 Å². The molecule has 68 valence electrons. The average molecular weight is 170 g/mol. The Morgan fingerprint density at radius 1 is 1.58 bits per heavy atom. The molecule has 0 radical (unpaired) electrons. The number of nitrogens with two attached hydrogens (primary N) is 1. The fourth-order valence-electron chi connectivity index (χ4n) is 0.689. The average Bonchev–Trinajstić information content (AvgIpc) is 2.36. The lowest BCUT2D eigenvalue weighted by Gasteiger charge is -2.23. The molecule has 0 bridgehead atoms. The standard InChI is InChI=1S/C6H14N6/c1-6(2,4-7)8-5-9-10-11-12(5)3/h4,7H2,1-3H3,(H,8,9,11). The van der Waals surface area contributed by atoms with Gasteiger partial charge in [0.2, 0.25) is 5.95 Å². The maximum absolute atomic E-state index is 5.53. The van der Waals surface area contributed by atoms with Gasteiger partial charge < -0.3 is 11.1 Å². The van der Waals surface area contributed by atoms with Crippen molar-refractivity contribution in [2.24, 2.45) is 12.8 Å². The van der Waals surface area contributed by atoms with E-state index >= 15 is 0 Å². The summed E-state index contributed by atoms with van der Waals surface area (Å²) in [5, 5.41) is 14.1. The Labute approximate surface area is 71.1 Å². The molecule has 0 unspecified atom stereocenters. The summed E-state index contributed by atoms with van der Waals surface area (Å²) >= 11 is 0. The van der Waals surface area contributed by atoms with Crippen LogP contribution in [-0.2, 0) is 7.05 Å². The Balaban J connectivity index is 2.70. The third-order valence-corrected chi connectivity index (χ3v) is 1.58. The molecule has 0 spiro atoms. The van der Waals surface area contributed by atoms with Crippen LogP contribution >= 0.6 is 0 Å². The monoisotopic (exact) mass is 170 g/mol. The largest absolute Gasteiger partial charge is 0.347 e. The first-order chi connectivity index (χ1) is 5.55. The molecule has 0 aliphatic carbocycles. The molecule has 0 aliphatic rings. The van der Waals surface area contributed by atoms with Gasteiger partial charge in [-0.05, 0) is 24.3 Å². The van der Waals surface area contributed by atoms with Crippen LogP contribution < -0.4 is 11.1 Å². The molecule has 6 heteroatoms. The number of rotatable bonds is 3. The van der Waals surface area contributed by atoms with Crippen LogP contribution in [0.4, 0.5) is 5.95 Å². The van der Waals surface area contributed by atoms with Gasteiger partial charge >= 0.3 is 0 Å². The molecule has 6 nitrogen and oxygen atoms in total. The number of anilines is 1. The van der Waals surface area contributed by atoms with E-state index in [2.05, 4.69) is 20.8 Å². The molecule has 0 saturated carbocycles. The van der Waals surface area contributed by atoms with Crippen molar-refractivity contribution >= 4 is 5.95 Å². The molecule has 0 saturated heterocycles. The Morgan fingerprint density at radius 3 is 2.67 bits per heavy atom. The molecule has 3 N–H and O–H groups in total. The SMILES string of the molecule is Cn1nnnc1NC(C)(C)CN. The Kier molecular flexibility index (Phi) is 2.27. The summed E-state index contributed by atoms with van der Waals surface area (Å²) in [6, 6.07) is 0.